The highest BCUT2D eigenvalue weighted by Crippen LogP contribution is 2.32. The van der Waals surface area contributed by atoms with Gasteiger partial charge < -0.3 is 15.5 Å². The van der Waals surface area contributed by atoms with E-state index in [0.717, 1.165) is 10.9 Å². The fraction of sp³-hybridized carbons (Fsp3) is 0.250. The fourth-order valence-corrected chi connectivity index (χ4v) is 2.44. The van der Waals surface area contributed by atoms with Crippen LogP contribution in [0.15, 0.2) is 41.8 Å². The minimum atomic E-state index is 0.201. The van der Waals surface area contributed by atoms with Crippen molar-refractivity contribution in [1.82, 2.24) is 9.97 Å². The maximum Gasteiger partial charge on any atom is 0.165 e. The van der Waals surface area contributed by atoms with Crippen LogP contribution < -0.4 is 10.5 Å². The van der Waals surface area contributed by atoms with Crippen molar-refractivity contribution in [1.29, 1.82) is 0 Å². The summed E-state index contributed by atoms with van der Waals surface area (Å²) >= 11 is 1.63. The normalized spacial score (nSPS) is 12.4. The van der Waals surface area contributed by atoms with E-state index in [1.54, 1.807) is 25.1 Å². The molecular weight excluding hydrogens is 234 g/mol. The molecule has 0 saturated heterocycles. The van der Waals surface area contributed by atoms with E-state index in [1.807, 2.05) is 30.5 Å². The smallest absolute Gasteiger partial charge is 0.165 e. The van der Waals surface area contributed by atoms with E-state index in [2.05, 4.69) is 9.97 Å². The first-order chi connectivity index (χ1) is 8.33. The van der Waals surface area contributed by atoms with Crippen LogP contribution in [0.3, 0.4) is 0 Å². The lowest BCUT2D eigenvalue weighted by atomic mass is 10.1. The predicted octanol–water partition coefficient (Wildman–Crippen LogP) is 2.21. The van der Waals surface area contributed by atoms with Gasteiger partial charge in [-0.25, -0.2) is 4.98 Å². The van der Waals surface area contributed by atoms with Gasteiger partial charge in [-0.2, -0.15) is 0 Å². The van der Waals surface area contributed by atoms with Crippen LogP contribution in [0.1, 0.15) is 10.8 Å². The maximum absolute atomic E-state index is 5.80. The highest BCUT2D eigenvalue weighted by Gasteiger charge is 2.12. The molecule has 0 aliphatic heterocycles. The number of benzene rings is 1. The highest BCUT2D eigenvalue weighted by atomic mass is 32.2. The number of aromatic amines is 1. The van der Waals surface area contributed by atoms with E-state index in [4.69, 9.17) is 10.5 Å². The van der Waals surface area contributed by atoms with Gasteiger partial charge in [-0.05, 0) is 17.7 Å². The zero-order chi connectivity index (χ0) is 12.1. The molecule has 0 saturated carbocycles. The van der Waals surface area contributed by atoms with Crippen LogP contribution in [-0.4, -0.2) is 23.6 Å². The molecular formula is C12H15N3OS. The van der Waals surface area contributed by atoms with E-state index in [9.17, 15) is 0 Å². The summed E-state index contributed by atoms with van der Waals surface area (Å²) in [6, 6.07) is 7.96. The first kappa shape index (κ1) is 12.0. The van der Waals surface area contributed by atoms with Crippen LogP contribution in [0, 0.1) is 0 Å². The molecule has 1 aromatic carbocycles. The monoisotopic (exact) mass is 249 g/mol. The third kappa shape index (κ3) is 3.01. The fourth-order valence-electron chi connectivity index (χ4n) is 1.52. The standard InChI is InChI=1S/C12H15N3OS/c1-16-10-4-2-9(3-5-10)11(8-13)17-12-14-6-7-15-12/h2-7,11H,8,13H2,1H3,(H,14,15). The van der Waals surface area contributed by atoms with E-state index < -0.39 is 0 Å². The second kappa shape index (κ2) is 5.75. The number of H-pyrrole nitrogens is 1. The number of nitrogens with one attached hydrogen (secondary N) is 1. The third-order valence-electron chi connectivity index (χ3n) is 2.43. The number of hydrogen-bond acceptors (Lipinski definition) is 4. The van der Waals surface area contributed by atoms with Crippen molar-refractivity contribution in [2.75, 3.05) is 13.7 Å². The van der Waals surface area contributed by atoms with Gasteiger partial charge in [0.15, 0.2) is 5.16 Å². The predicted molar refractivity (Wildman–Crippen MR) is 69.2 cm³/mol. The van der Waals surface area contributed by atoms with E-state index in [0.29, 0.717) is 6.54 Å². The number of ether oxygens (including phenoxy) is 1. The minimum absolute atomic E-state index is 0.201. The van der Waals surface area contributed by atoms with Gasteiger partial charge in [0, 0.05) is 24.2 Å². The van der Waals surface area contributed by atoms with Crippen LogP contribution in [0.5, 0.6) is 5.75 Å². The molecule has 0 spiro atoms. The Hall–Kier alpha value is -1.46. The van der Waals surface area contributed by atoms with Gasteiger partial charge in [0.2, 0.25) is 0 Å². The van der Waals surface area contributed by atoms with Gasteiger partial charge in [-0.15, -0.1) is 0 Å². The first-order valence-electron chi connectivity index (χ1n) is 5.33. The number of aromatic nitrogens is 2. The highest BCUT2D eigenvalue weighted by molar-refractivity contribution is 7.99. The molecule has 1 heterocycles. The quantitative estimate of drug-likeness (QED) is 0.797. The molecule has 2 rings (SSSR count). The number of thioether (sulfide) groups is 1. The van der Waals surface area contributed by atoms with Gasteiger partial charge in [-0.3, -0.25) is 0 Å². The Morgan fingerprint density at radius 2 is 2.18 bits per heavy atom. The van der Waals surface area contributed by atoms with Gasteiger partial charge in [0.25, 0.3) is 0 Å². The van der Waals surface area contributed by atoms with Crippen molar-refractivity contribution in [3.63, 3.8) is 0 Å². The molecule has 0 aliphatic carbocycles. The molecule has 0 aliphatic rings. The summed E-state index contributed by atoms with van der Waals surface area (Å²) in [5, 5.41) is 1.09. The molecule has 0 fully saturated rings. The molecule has 0 radical (unpaired) electrons. The van der Waals surface area contributed by atoms with Gasteiger partial charge >= 0.3 is 0 Å². The second-order valence-corrected chi connectivity index (χ2v) is 4.70. The number of hydrogen-bond donors (Lipinski definition) is 2. The maximum atomic E-state index is 5.80. The van der Waals surface area contributed by atoms with Crippen LogP contribution in [0.4, 0.5) is 0 Å². The number of nitrogens with two attached hydrogens (primary N) is 1. The second-order valence-electron chi connectivity index (χ2n) is 3.51. The molecule has 17 heavy (non-hydrogen) atoms. The van der Waals surface area contributed by atoms with Gasteiger partial charge in [0.1, 0.15) is 5.75 Å². The third-order valence-corrected chi connectivity index (χ3v) is 3.62. The lowest BCUT2D eigenvalue weighted by molar-refractivity contribution is 0.414. The SMILES string of the molecule is COc1ccc(C(CN)Sc2ncc[nH]2)cc1. The average Bonchev–Trinajstić information content (AvgIpc) is 2.89. The molecule has 0 bridgehead atoms. The summed E-state index contributed by atoms with van der Waals surface area (Å²) in [5.41, 5.74) is 6.97. The molecule has 90 valence electrons. The number of nitrogens with zero attached hydrogens (tertiary/aromatic N) is 1. The zero-order valence-corrected chi connectivity index (χ0v) is 10.4. The van der Waals surface area contributed by atoms with Crippen molar-refractivity contribution in [3.8, 4) is 5.75 Å². The molecule has 1 aromatic heterocycles. The molecule has 0 amide bonds. The topological polar surface area (TPSA) is 63.9 Å². The minimum Gasteiger partial charge on any atom is -0.497 e. The molecule has 3 N–H and O–H groups in total. The lowest BCUT2D eigenvalue weighted by Crippen LogP contribution is -2.09. The summed E-state index contributed by atoms with van der Waals surface area (Å²) in [6.07, 6.45) is 3.55. The summed E-state index contributed by atoms with van der Waals surface area (Å²) in [5.74, 6) is 0.854. The number of imidazole rings is 1. The molecule has 1 atom stereocenters. The number of methoxy groups -OCH3 is 1. The Balaban J connectivity index is 2.11. The molecule has 4 nitrogen and oxygen atoms in total. The molecule has 1 unspecified atom stereocenters. The summed E-state index contributed by atoms with van der Waals surface area (Å²) in [6.45, 7) is 0.567. The molecule has 2 aromatic rings. The van der Waals surface area contributed by atoms with Gasteiger partial charge in [0.05, 0.1) is 7.11 Å². The van der Waals surface area contributed by atoms with Crippen LogP contribution in [0.2, 0.25) is 0 Å². The van der Waals surface area contributed by atoms with Crippen molar-refractivity contribution < 1.29 is 4.74 Å². The van der Waals surface area contributed by atoms with E-state index in [1.165, 1.54) is 5.56 Å². The largest absolute Gasteiger partial charge is 0.497 e. The van der Waals surface area contributed by atoms with Gasteiger partial charge in [-0.1, -0.05) is 23.9 Å². The summed E-state index contributed by atoms with van der Waals surface area (Å²) in [4.78, 5) is 7.26. The summed E-state index contributed by atoms with van der Waals surface area (Å²) in [7, 11) is 1.66. The Bertz CT molecular complexity index is 441. The number of rotatable bonds is 5. The first-order valence-corrected chi connectivity index (χ1v) is 6.21. The lowest BCUT2D eigenvalue weighted by Gasteiger charge is -2.13. The van der Waals surface area contributed by atoms with Crippen molar-refractivity contribution in [2.45, 2.75) is 10.4 Å². The Kier molecular flexibility index (Phi) is 4.06. The Labute approximate surface area is 105 Å². The average molecular weight is 249 g/mol. The van der Waals surface area contributed by atoms with E-state index in [-0.39, 0.29) is 5.25 Å². The zero-order valence-electron chi connectivity index (χ0n) is 9.59. The van der Waals surface area contributed by atoms with Crippen molar-refractivity contribution >= 4 is 11.8 Å². The van der Waals surface area contributed by atoms with Crippen molar-refractivity contribution in [3.05, 3.63) is 42.2 Å². The van der Waals surface area contributed by atoms with Crippen LogP contribution in [0.25, 0.3) is 0 Å². The molecule has 5 heteroatoms. The van der Waals surface area contributed by atoms with Crippen molar-refractivity contribution in [2.24, 2.45) is 5.73 Å². The van der Waals surface area contributed by atoms with Crippen LogP contribution in [-0.2, 0) is 0 Å². The van der Waals surface area contributed by atoms with E-state index >= 15 is 0 Å². The Morgan fingerprint density at radius 1 is 1.41 bits per heavy atom. The van der Waals surface area contributed by atoms with Crippen LogP contribution >= 0.6 is 11.8 Å². The summed E-state index contributed by atoms with van der Waals surface area (Å²) < 4.78 is 5.13. The Morgan fingerprint density at radius 3 is 2.71 bits per heavy atom.